The summed E-state index contributed by atoms with van der Waals surface area (Å²) in [6, 6.07) is 12.5. The SMILES string of the molecule is Cc1ccc(-c2ncc(C(=O)NCc3ccc(N)c(F)c3)s2)cc1. The molecular formula is C18H16FN3OS. The number of thiazole rings is 1. The second-order valence-electron chi connectivity index (χ2n) is 5.43. The maximum absolute atomic E-state index is 13.4. The predicted octanol–water partition coefficient (Wildman–Crippen LogP) is 3.77. The van der Waals surface area contributed by atoms with Gasteiger partial charge in [0.15, 0.2) is 0 Å². The number of hydrogen-bond acceptors (Lipinski definition) is 4. The monoisotopic (exact) mass is 341 g/mol. The van der Waals surface area contributed by atoms with E-state index in [1.54, 1.807) is 12.3 Å². The molecule has 0 aliphatic heterocycles. The summed E-state index contributed by atoms with van der Waals surface area (Å²) in [6.45, 7) is 2.25. The van der Waals surface area contributed by atoms with Gasteiger partial charge in [-0.05, 0) is 24.6 Å². The Balaban J connectivity index is 1.67. The van der Waals surface area contributed by atoms with Crippen molar-refractivity contribution in [2.75, 3.05) is 5.73 Å². The van der Waals surface area contributed by atoms with Gasteiger partial charge in [-0.25, -0.2) is 9.37 Å². The van der Waals surface area contributed by atoms with Gasteiger partial charge in [-0.15, -0.1) is 11.3 Å². The zero-order valence-corrected chi connectivity index (χ0v) is 13.9. The Kier molecular flexibility index (Phi) is 4.57. The molecule has 24 heavy (non-hydrogen) atoms. The number of nitrogens with zero attached hydrogens (tertiary/aromatic N) is 1. The van der Waals surface area contributed by atoms with E-state index in [9.17, 15) is 9.18 Å². The number of benzene rings is 2. The predicted molar refractivity (Wildman–Crippen MR) is 94.3 cm³/mol. The highest BCUT2D eigenvalue weighted by Gasteiger charge is 2.12. The van der Waals surface area contributed by atoms with Crippen molar-refractivity contribution in [1.82, 2.24) is 10.3 Å². The lowest BCUT2D eigenvalue weighted by Crippen LogP contribution is -2.21. The van der Waals surface area contributed by atoms with E-state index in [1.807, 2.05) is 31.2 Å². The molecule has 0 fully saturated rings. The van der Waals surface area contributed by atoms with Crippen molar-refractivity contribution in [1.29, 1.82) is 0 Å². The molecule has 1 amide bonds. The first-order valence-electron chi connectivity index (χ1n) is 7.38. The van der Waals surface area contributed by atoms with Crippen molar-refractivity contribution in [2.45, 2.75) is 13.5 Å². The molecule has 0 saturated heterocycles. The van der Waals surface area contributed by atoms with Crippen LogP contribution in [0.15, 0.2) is 48.7 Å². The molecule has 1 heterocycles. The highest BCUT2D eigenvalue weighted by Crippen LogP contribution is 2.25. The minimum absolute atomic E-state index is 0.0928. The first-order chi connectivity index (χ1) is 11.5. The van der Waals surface area contributed by atoms with Gasteiger partial charge in [0.2, 0.25) is 0 Å². The summed E-state index contributed by atoms with van der Waals surface area (Å²) in [7, 11) is 0. The quantitative estimate of drug-likeness (QED) is 0.710. The van der Waals surface area contributed by atoms with Crippen molar-refractivity contribution in [3.05, 3.63) is 70.5 Å². The van der Waals surface area contributed by atoms with Crippen LogP contribution >= 0.6 is 11.3 Å². The van der Waals surface area contributed by atoms with E-state index in [-0.39, 0.29) is 18.1 Å². The number of anilines is 1. The van der Waals surface area contributed by atoms with E-state index < -0.39 is 5.82 Å². The van der Waals surface area contributed by atoms with Crippen LogP contribution in [-0.4, -0.2) is 10.9 Å². The van der Waals surface area contributed by atoms with E-state index in [0.717, 1.165) is 10.6 Å². The van der Waals surface area contributed by atoms with Crippen LogP contribution in [-0.2, 0) is 6.54 Å². The number of nitrogen functional groups attached to an aromatic ring is 1. The second-order valence-corrected chi connectivity index (χ2v) is 6.46. The van der Waals surface area contributed by atoms with E-state index in [2.05, 4.69) is 10.3 Å². The van der Waals surface area contributed by atoms with Crippen LogP contribution in [0, 0.1) is 12.7 Å². The van der Waals surface area contributed by atoms with Crippen molar-refractivity contribution in [3.63, 3.8) is 0 Å². The summed E-state index contributed by atoms with van der Waals surface area (Å²) in [6.07, 6.45) is 1.55. The Hall–Kier alpha value is -2.73. The third-order valence-electron chi connectivity index (χ3n) is 3.55. The van der Waals surface area contributed by atoms with E-state index in [0.29, 0.717) is 10.4 Å². The van der Waals surface area contributed by atoms with Crippen LogP contribution in [0.5, 0.6) is 0 Å². The third kappa shape index (κ3) is 3.60. The number of carbonyl (C=O) groups is 1. The Labute approximate surface area is 143 Å². The highest BCUT2D eigenvalue weighted by atomic mass is 32.1. The average molecular weight is 341 g/mol. The number of nitrogens with one attached hydrogen (secondary N) is 1. The lowest BCUT2D eigenvalue weighted by Gasteiger charge is -2.05. The van der Waals surface area contributed by atoms with Crippen LogP contribution in [0.25, 0.3) is 10.6 Å². The molecule has 122 valence electrons. The number of aromatic nitrogens is 1. The maximum atomic E-state index is 13.4. The summed E-state index contributed by atoms with van der Waals surface area (Å²) in [5, 5.41) is 3.55. The fraction of sp³-hybridized carbons (Fsp3) is 0.111. The smallest absolute Gasteiger partial charge is 0.263 e. The van der Waals surface area contributed by atoms with Gasteiger partial charge in [0.05, 0.1) is 11.9 Å². The lowest BCUT2D eigenvalue weighted by molar-refractivity contribution is 0.0954. The average Bonchev–Trinajstić information content (AvgIpc) is 3.06. The van der Waals surface area contributed by atoms with Gasteiger partial charge in [-0.1, -0.05) is 35.9 Å². The number of amides is 1. The van der Waals surface area contributed by atoms with E-state index in [1.165, 1.54) is 29.0 Å². The van der Waals surface area contributed by atoms with Gasteiger partial charge < -0.3 is 11.1 Å². The largest absolute Gasteiger partial charge is 0.396 e. The molecule has 4 nitrogen and oxygen atoms in total. The number of hydrogen-bond donors (Lipinski definition) is 2. The van der Waals surface area contributed by atoms with Gasteiger partial charge in [0, 0.05) is 12.1 Å². The van der Waals surface area contributed by atoms with Gasteiger partial charge in [0.25, 0.3) is 5.91 Å². The fourth-order valence-electron chi connectivity index (χ4n) is 2.16. The second kappa shape index (κ2) is 6.80. The van der Waals surface area contributed by atoms with Gasteiger partial charge >= 0.3 is 0 Å². The molecule has 0 aliphatic carbocycles. The minimum Gasteiger partial charge on any atom is -0.396 e. The van der Waals surface area contributed by atoms with Crippen molar-refractivity contribution in [2.24, 2.45) is 0 Å². The molecule has 0 bridgehead atoms. The molecule has 0 saturated carbocycles. The Morgan fingerprint density at radius 2 is 2.00 bits per heavy atom. The summed E-state index contributed by atoms with van der Waals surface area (Å²) in [4.78, 5) is 17.0. The summed E-state index contributed by atoms with van der Waals surface area (Å²) in [5.74, 6) is -0.718. The van der Waals surface area contributed by atoms with Crippen LogP contribution in [0.3, 0.4) is 0 Å². The molecule has 3 rings (SSSR count). The molecular weight excluding hydrogens is 325 g/mol. The molecule has 0 radical (unpaired) electrons. The molecule has 1 aromatic heterocycles. The molecule has 3 aromatic rings. The Morgan fingerprint density at radius 3 is 2.71 bits per heavy atom. The molecule has 0 aliphatic rings. The maximum Gasteiger partial charge on any atom is 0.263 e. The summed E-state index contributed by atoms with van der Waals surface area (Å²) in [5.41, 5.74) is 8.33. The molecule has 2 aromatic carbocycles. The topological polar surface area (TPSA) is 68.0 Å². The zero-order valence-electron chi connectivity index (χ0n) is 13.0. The van der Waals surface area contributed by atoms with Crippen LogP contribution < -0.4 is 11.1 Å². The number of rotatable bonds is 4. The molecule has 3 N–H and O–H groups in total. The van der Waals surface area contributed by atoms with Gasteiger partial charge in [-0.2, -0.15) is 0 Å². The molecule has 0 atom stereocenters. The number of carbonyl (C=O) groups excluding carboxylic acids is 1. The van der Waals surface area contributed by atoms with E-state index >= 15 is 0 Å². The van der Waals surface area contributed by atoms with Crippen molar-refractivity contribution >= 4 is 22.9 Å². The van der Waals surface area contributed by atoms with Gasteiger partial charge in [-0.3, -0.25) is 4.79 Å². The standard InChI is InChI=1S/C18H16FN3OS/c1-11-2-5-13(6-3-11)18-22-10-16(24-18)17(23)21-9-12-4-7-15(20)14(19)8-12/h2-8,10H,9,20H2,1H3,(H,21,23). The zero-order chi connectivity index (χ0) is 17.1. The molecule has 0 spiro atoms. The van der Waals surface area contributed by atoms with Crippen molar-refractivity contribution in [3.8, 4) is 10.6 Å². The number of halogens is 1. The van der Waals surface area contributed by atoms with Crippen LogP contribution in [0.1, 0.15) is 20.8 Å². The molecule has 6 heteroatoms. The lowest BCUT2D eigenvalue weighted by atomic mass is 10.2. The number of nitrogens with two attached hydrogens (primary N) is 1. The Bertz CT molecular complexity index is 874. The summed E-state index contributed by atoms with van der Waals surface area (Å²) >= 11 is 1.32. The Morgan fingerprint density at radius 1 is 1.25 bits per heavy atom. The normalized spacial score (nSPS) is 10.6. The first-order valence-corrected chi connectivity index (χ1v) is 8.19. The minimum atomic E-state index is -0.485. The van der Waals surface area contributed by atoms with E-state index in [4.69, 9.17) is 5.73 Å². The molecule has 0 unspecified atom stereocenters. The first kappa shape index (κ1) is 16.1. The summed E-state index contributed by atoms with van der Waals surface area (Å²) < 4.78 is 13.4. The fourth-order valence-corrected chi connectivity index (χ4v) is 3.00. The highest BCUT2D eigenvalue weighted by molar-refractivity contribution is 7.16. The number of aryl methyl sites for hydroxylation is 1. The van der Waals surface area contributed by atoms with Crippen LogP contribution in [0.4, 0.5) is 10.1 Å². The van der Waals surface area contributed by atoms with Crippen molar-refractivity contribution < 1.29 is 9.18 Å². The van der Waals surface area contributed by atoms with Crippen LogP contribution in [0.2, 0.25) is 0 Å². The third-order valence-corrected chi connectivity index (χ3v) is 4.59. The van der Waals surface area contributed by atoms with Gasteiger partial charge in [0.1, 0.15) is 15.7 Å².